The lowest BCUT2D eigenvalue weighted by Gasteiger charge is -1.94. The quantitative estimate of drug-likeness (QED) is 0.641. The fourth-order valence-corrected chi connectivity index (χ4v) is 1.63. The molecule has 0 amide bonds. The van der Waals surface area contributed by atoms with Gasteiger partial charge in [-0.15, -0.1) is 0 Å². The largest absolute Gasteiger partial charge is 0.369 e. The lowest BCUT2D eigenvalue weighted by molar-refractivity contribution is 0.426. The first kappa shape index (κ1) is 8.90. The van der Waals surface area contributed by atoms with Crippen LogP contribution in [0.3, 0.4) is 0 Å². The monoisotopic (exact) mass is 215 g/mol. The Kier molecular flexibility index (Phi) is 1.70. The lowest BCUT2D eigenvalue weighted by Crippen LogP contribution is -1.84. The minimum atomic E-state index is 0.374. The summed E-state index contributed by atoms with van der Waals surface area (Å²) in [5, 5.41) is 3.75. The number of H-pyrrole nitrogens is 1. The summed E-state index contributed by atoms with van der Waals surface area (Å²) in [6.07, 6.45) is 0. The van der Waals surface area contributed by atoms with Crippen LogP contribution in [0, 0.1) is 6.92 Å². The molecule has 0 radical (unpaired) electrons. The van der Waals surface area contributed by atoms with Gasteiger partial charge in [0, 0.05) is 0 Å². The van der Waals surface area contributed by atoms with Crippen molar-refractivity contribution in [2.45, 2.75) is 6.92 Å². The number of aryl methyl sites for hydroxylation is 1. The number of para-hydroxylation sites is 1. The molecular weight excluding hydrogens is 206 g/mol. The Hall–Kier alpha value is -2.37. The van der Waals surface area contributed by atoms with E-state index < -0.39 is 0 Å². The fraction of sp³-hybridized carbons (Fsp3) is 0.100. The first-order valence-corrected chi connectivity index (χ1v) is 4.79. The Morgan fingerprint density at radius 2 is 2.19 bits per heavy atom. The zero-order valence-electron chi connectivity index (χ0n) is 8.56. The van der Waals surface area contributed by atoms with Gasteiger partial charge in [-0.3, -0.25) is 0 Å². The number of hydrogen-bond donors (Lipinski definition) is 2. The third-order valence-corrected chi connectivity index (χ3v) is 2.29. The second-order valence-electron chi connectivity index (χ2n) is 3.47. The van der Waals surface area contributed by atoms with E-state index in [1.54, 1.807) is 6.92 Å². The summed E-state index contributed by atoms with van der Waals surface area (Å²) in [5.41, 5.74) is 7.98. The standard InChI is InChI=1S/C10H9N5O/c1-5-12-9(16-15-5)6-3-2-4-7-8(6)14-10(11)13-7/h2-4H,1H3,(H3,11,13,14). The first-order valence-electron chi connectivity index (χ1n) is 4.79. The number of nitrogens with two attached hydrogens (primary N) is 1. The molecular formula is C10H9N5O. The summed E-state index contributed by atoms with van der Waals surface area (Å²) < 4.78 is 5.11. The molecule has 0 spiro atoms. The number of fused-ring (bicyclic) bond motifs is 1. The summed E-state index contributed by atoms with van der Waals surface area (Å²) >= 11 is 0. The number of aromatic amines is 1. The van der Waals surface area contributed by atoms with Crippen LogP contribution in [-0.4, -0.2) is 20.1 Å². The fourth-order valence-electron chi connectivity index (χ4n) is 1.63. The summed E-state index contributed by atoms with van der Waals surface area (Å²) in [7, 11) is 0. The van der Waals surface area contributed by atoms with E-state index in [0.717, 1.165) is 16.6 Å². The van der Waals surface area contributed by atoms with E-state index in [4.69, 9.17) is 10.3 Å². The number of rotatable bonds is 1. The number of imidazole rings is 1. The molecule has 0 aliphatic carbocycles. The Balaban J connectivity index is 2.30. The minimum Gasteiger partial charge on any atom is -0.369 e. The molecule has 80 valence electrons. The number of benzene rings is 1. The first-order chi connectivity index (χ1) is 7.74. The molecule has 3 rings (SSSR count). The number of anilines is 1. The van der Waals surface area contributed by atoms with Crippen LogP contribution in [0.15, 0.2) is 22.7 Å². The van der Waals surface area contributed by atoms with Crippen LogP contribution in [0.1, 0.15) is 5.82 Å². The highest BCUT2D eigenvalue weighted by Crippen LogP contribution is 2.26. The van der Waals surface area contributed by atoms with Crippen molar-refractivity contribution in [1.82, 2.24) is 20.1 Å². The SMILES string of the molecule is Cc1noc(-c2cccc3[nH]c(N)nc23)n1. The molecule has 2 aromatic heterocycles. The van der Waals surface area contributed by atoms with Crippen molar-refractivity contribution in [2.24, 2.45) is 0 Å². The topological polar surface area (TPSA) is 93.6 Å². The van der Waals surface area contributed by atoms with E-state index in [0.29, 0.717) is 17.7 Å². The summed E-state index contributed by atoms with van der Waals surface area (Å²) in [6, 6.07) is 5.65. The van der Waals surface area contributed by atoms with E-state index >= 15 is 0 Å². The Morgan fingerprint density at radius 1 is 1.31 bits per heavy atom. The van der Waals surface area contributed by atoms with Gasteiger partial charge in [-0.1, -0.05) is 11.2 Å². The van der Waals surface area contributed by atoms with E-state index in [2.05, 4.69) is 20.1 Å². The van der Waals surface area contributed by atoms with Gasteiger partial charge in [-0.2, -0.15) is 4.98 Å². The van der Waals surface area contributed by atoms with Crippen molar-refractivity contribution in [3.05, 3.63) is 24.0 Å². The Bertz CT molecular complexity index is 654. The normalized spacial score (nSPS) is 11.1. The maximum atomic E-state index is 5.61. The van der Waals surface area contributed by atoms with Crippen LogP contribution < -0.4 is 5.73 Å². The summed E-state index contributed by atoms with van der Waals surface area (Å²) in [6.45, 7) is 1.77. The number of nitrogen functional groups attached to an aromatic ring is 1. The van der Waals surface area contributed by atoms with E-state index in [9.17, 15) is 0 Å². The van der Waals surface area contributed by atoms with Gasteiger partial charge in [0.1, 0.15) is 5.52 Å². The van der Waals surface area contributed by atoms with Gasteiger partial charge in [0.2, 0.25) is 0 Å². The Labute approximate surface area is 90.5 Å². The Morgan fingerprint density at radius 3 is 2.94 bits per heavy atom. The van der Waals surface area contributed by atoms with Crippen molar-refractivity contribution in [3.63, 3.8) is 0 Å². The molecule has 0 saturated carbocycles. The average molecular weight is 215 g/mol. The zero-order chi connectivity index (χ0) is 11.1. The molecule has 0 aliphatic heterocycles. The van der Waals surface area contributed by atoms with Gasteiger partial charge in [0.15, 0.2) is 11.8 Å². The van der Waals surface area contributed by atoms with Crippen LogP contribution in [0.5, 0.6) is 0 Å². The van der Waals surface area contributed by atoms with Gasteiger partial charge >= 0.3 is 0 Å². The summed E-state index contributed by atoms with van der Waals surface area (Å²) in [4.78, 5) is 11.3. The van der Waals surface area contributed by atoms with Crippen molar-refractivity contribution >= 4 is 17.0 Å². The molecule has 0 fully saturated rings. The number of nitrogens with zero attached hydrogens (tertiary/aromatic N) is 3. The predicted molar refractivity (Wildman–Crippen MR) is 58.5 cm³/mol. The van der Waals surface area contributed by atoms with Crippen LogP contribution >= 0.6 is 0 Å². The van der Waals surface area contributed by atoms with Gasteiger partial charge in [-0.25, -0.2) is 4.98 Å². The number of aromatic nitrogens is 4. The molecule has 0 aliphatic rings. The molecule has 0 bridgehead atoms. The van der Waals surface area contributed by atoms with Crippen molar-refractivity contribution < 1.29 is 4.52 Å². The highest BCUT2D eigenvalue weighted by molar-refractivity contribution is 5.90. The van der Waals surface area contributed by atoms with E-state index in [1.807, 2.05) is 18.2 Å². The van der Waals surface area contributed by atoms with Crippen molar-refractivity contribution in [3.8, 4) is 11.5 Å². The highest BCUT2D eigenvalue weighted by atomic mass is 16.5. The molecule has 0 atom stereocenters. The third kappa shape index (κ3) is 1.23. The van der Waals surface area contributed by atoms with Gasteiger partial charge in [-0.05, 0) is 19.1 Å². The van der Waals surface area contributed by atoms with Crippen LogP contribution in [-0.2, 0) is 0 Å². The van der Waals surface area contributed by atoms with Crippen molar-refractivity contribution in [2.75, 3.05) is 5.73 Å². The van der Waals surface area contributed by atoms with Gasteiger partial charge < -0.3 is 15.2 Å². The third-order valence-electron chi connectivity index (χ3n) is 2.29. The van der Waals surface area contributed by atoms with E-state index in [1.165, 1.54) is 0 Å². The smallest absolute Gasteiger partial charge is 0.260 e. The molecule has 0 unspecified atom stereocenters. The molecule has 6 heteroatoms. The maximum Gasteiger partial charge on any atom is 0.260 e. The number of nitrogens with one attached hydrogen (secondary N) is 1. The van der Waals surface area contributed by atoms with Gasteiger partial charge in [0.05, 0.1) is 11.1 Å². The van der Waals surface area contributed by atoms with Gasteiger partial charge in [0.25, 0.3) is 5.89 Å². The average Bonchev–Trinajstić information content (AvgIpc) is 2.82. The molecule has 16 heavy (non-hydrogen) atoms. The van der Waals surface area contributed by atoms with Crippen molar-refractivity contribution in [1.29, 1.82) is 0 Å². The minimum absolute atomic E-state index is 0.374. The lowest BCUT2D eigenvalue weighted by atomic mass is 10.2. The maximum absolute atomic E-state index is 5.61. The molecule has 2 heterocycles. The molecule has 1 aromatic carbocycles. The molecule has 0 saturated heterocycles. The number of hydrogen-bond acceptors (Lipinski definition) is 5. The van der Waals surface area contributed by atoms with Crippen LogP contribution in [0.2, 0.25) is 0 Å². The second kappa shape index (κ2) is 3.06. The molecule has 3 N–H and O–H groups in total. The molecule has 3 aromatic rings. The van der Waals surface area contributed by atoms with E-state index in [-0.39, 0.29) is 0 Å². The zero-order valence-corrected chi connectivity index (χ0v) is 8.56. The van der Waals surface area contributed by atoms with Crippen LogP contribution in [0.4, 0.5) is 5.95 Å². The summed E-state index contributed by atoms with van der Waals surface area (Å²) in [5.74, 6) is 1.42. The van der Waals surface area contributed by atoms with Crippen LogP contribution in [0.25, 0.3) is 22.5 Å². The highest BCUT2D eigenvalue weighted by Gasteiger charge is 2.12. The second-order valence-corrected chi connectivity index (χ2v) is 3.47. The molecule has 6 nitrogen and oxygen atoms in total. The predicted octanol–water partition coefficient (Wildman–Crippen LogP) is 1.50.